The molecule has 0 fully saturated rings. The van der Waals surface area contributed by atoms with Gasteiger partial charge in [0, 0.05) is 20.0 Å². The third-order valence-corrected chi connectivity index (χ3v) is 1.80. The van der Waals surface area contributed by atoms with Crippen molar-refractivity contribution in [2.45, 2.75) is 6.42 Å². The molecule has 0 radical (unpaired) electrons. The number of hydrogen-bond donors (Lipinski definition) is 3. The fourth-order valence-corrected chi connectivity index (χ4v) is 0.989. The normalized spacial score (nSPS) is 9.56. The number of rotatable bonds is 5. The zero-order valence-electron chi connectivity index (χ0n) is 8.86. The van der Waals surface area contributed by atoms with Crippen LogP contribution in [0.1, 0.15) is 16.9 Å². The third-order valence-electron chi connectivity index (χ3n) is 1.80. The lowest BCUT2D eigenvalue weighted by Crippen LogP contribution is -2.20. The Morgan fingerprint density at radius 2 is 2.12 bits per heavy atom. The molecule has 0 aliphatic carbocycles. The van der Waals surface area contributed by atoms with Gasteiger partial charge in [-0.25, -0.2) is 0 Å². The lowest BCUT2D eigenvalue weighted by Gasteiger charge is -2.03. The highest BCUT2D eigenvalue weighted by atomic mass is 16.2. The molecule has 7 nitrogen and oxygen atoms in total. The van der Waals surface area contributed by atoms with Crippen LogP contribution >= 0.6 is 0 Å². The van der Waals surface area contributed by atoms with Gasteiger partial charge in [0.1, 0.15) is 5.82 Å². The fourth-order valence-electron chi connectivity index (χ4n) is 0.989. The lowest BCUT2D eigenvalue weighted by molar-refractivity contribution is -0.117. The summed E-state index contributed by atoms with van der Waals surface area (Å²) in [5.74, 6) is -0.187. The first-order valence-electron chi connectivity index (χ1n) is 4.71. The molecule has 0 saturated carbocycles. The summed E-state index contributed by atoms with van der Waals surface area (Å²) in [6.45, 7) is 0.392. The van der Waals surface area contributed by atoms with Gasteiger partial charge in [0.15, 0.2) is 5.69 Å². The standard InChI is InChI=1S/C9H13N5O2/c1-11-9(16)6-2-3-8(14-13-6)12-5-4-7(10)15/h2-3H,4-5H2,1H3,(H2,10,15)(H,11,16)(H,12,14). The maximum atomic E-state index is 11.1. The van der Waals surface area contributed by atoms with E-state index in [4.69, 9.17) is 5.73 Å². The predicted molar refractivity (Wildman–Crippen MR) is 57.7 cm³/mol. The molecule has 1 heterocycles. The molecule has 86 valence electrons. The van der Waals surface area contributed by atoms with Gasteiger partial charge in [-0.3, -0.25) is 9.59 Å². The highest BCUT2D eigenvalue weighted by Gasteiger charge is 2.05. The molecule has 1 aromatic rings. The number of aromatic nitrogens is 2. The summed E-state index contributed by atoms with van der Waals surface area (Å²) < 4.78 is 0. The van der Waals surface area contributed by atoms with Crippen molar-refractivity contribution in [2.24, 2.45) is 5.73 Å². The summed E-state index contributed by atoms with van der Waals surface area (Å²) >= 11 is 0. The Kier molecular flexibility index (Phi) is 4.19. The van der Waals surface area contributed by atoms with Crippen molar-refractivity contribution in [2.75, 3.05) is 18.9 Å². The SMILES string of the molecule is CNC(=O)c1ccc(NCCC(N)=O)nn1. The van der Waals surface area contributed by atoms with E-state index in [0.29, 0.717) is 12.4 Å². The molecule has 0 aromatic carbocycles. The minimum atomic E-state index is -0.387. The smallest absolute Gasteiger partial charge is 0.271 e. The van der Waals surface area contributed by atoms with Gasteiger partial charge in [-0.15, -0.1) is 10.2 Å². The van der Waals surface area contributed by atoms with E-state index in [-0.39, 0.29) is 23.9 Å². The summed E-state index contributed by atoms with van der Waals surface area (Å²) in [6, 6.07) is 3.15. The molecule has 1 aromatic heterocycles. The van der Waals surface area contributed by atoms with Gasteiger partial charge in [0.25, 0.3) is 5.91 Å². The maximum absolute atomic E-state index is 11.1. The van der Waals surface area contributed by atoms with Crippen molar-refractivity contribution in [3.63, 3.8) is 0 Å². The zero-order chi connectivity index (χ0) is 12.0. The Morgan fingerprint density at radius 3 is 2.62 bits per heavy atom. The van der Waals surface area contributed by atoms with Crippen LogP contribution in [0, 0.1) is 0 Å². The Morgan fingerprint density at radius 1 is 1.38 bits per heavy atom. The summed E-state index contributed by atoms with van der Waals surface area (Å²) in [7, 11) is 1.52. The lowest BCUT2D eigenvalue weighted by atomic mass is 10.3. The van der Waals surface area contributed by atoms with Crippen LogP contribution in [0.4, 0.5) is 5.82 Å². The van der Waals surface area contributed by atoms with Crippen molar-refractivity contribution in [1.29, 1.82) is 0 Å². The molecule has 2 amide bonds. The number of anilines is 1. The van der Waals surface area contributed by atoms with E-state index in [0.717, 1.165) is 0 Å². The van der Waals surface area contributed by atoms with E-state index >= 15 is 0 Å². The predicted octanol–water partition coefficient (Wildman–Crippen LogP) is -0.877. The Balaban J connectivity index is 2.51. The number of hydrogen-bond acceptors (Lipinski definition) is 5. The first-order chi connectivity index (χ1) is 7.63. The van der Waals surface area contributed by atoms with Crippen molar-refractivity contribution in [3.05, 3.63) is 17.8 Å². The van der Waals surface area contributed by atoms with Crippen LogP contribution in [0.3, 0.4) is 0 Å². The van der Waals surface area contributed by atoms with E-state index in [2.05, 4.69) is 20.8 Å². The zero-order valence-corrected chi connectivity index (χ0v) is 8.86. The summed E-state index contributed by atoms with van der Waals surface area (Å²) in [6.07, 6.45) is 0.221. The quantitative estimate of drug-likeness (QED) is 0.600. The molecule has 0 aliphatic heterocycles. The van der Waals surface area contributed by atoms with Crippen LogP contribution in [0.15, 0.2) is 12.1 Å². The molecule has 0 unspecified atom stereocenters. The van der Waals surface area contributed by atoms with Crippen molar-refractivity contribution in [3.8, 4) is 0 Å². The summed E-state index contributed by atoms with van der Waals surface area (Å²) in [4.78, 5) is 21.6. The number of carbonyl (C=O) groups excluding carboxylic acids is 2. The van der Waals surface area contributed by atoms with Crippen LogP contribution in [0.2, 0.25) is 0 Å². The Bertz CT molecular complexity index is 376. The average molecular weight is 223 g/mol. The van der Waals surface area contributed by atoms with Crippen LogP contribution in [0.25, 0.3) is 0 Å². The summed E-state index contributed by atoms with van der Waals surface area (Å²) in [5.41, 5.74) is 5.21. The molecule has 0 bridgehead atoms. The number of nitrogens with zero attached hydrogens (tertiary/aromatic N) is 2. The second kappa shape index (κ2) is 5.64. The molecular weight excluding hydrogens is 210 g/mol. The van der Waals surface area contributed by atoms with Crippen molar-refractivity contribution in [1.82, 2.24) is 15.5 Å². The minimum Gasteiger partial charge on any atom is -0.370 e. The van der Waals surface area contributed by atoms with Crippen LogP contribution in [-0.2, 0) is 4.79 Å². The van der Waals surface area contributed by atoms with E-state index in [1.54, 1.807) is 12.1 Å². The number of primary amides is 1. The van der Waals surface area contributed by atoms with E-state index in [9.17, 15) is 9.59 Å². The second-order valence-corrected chi connectivity index (χ2v) is 3.03. The molecule has 4 N–H and O–H groups in total. The molecular formula is C9H13N5O2. The van der Waals surface area contributed by atoms with Gasteiger partial charge >= 0.3 is 0 Å². The van der Waals surface area contributed by atoms with Crippen LogP contribution in [-0.4, -0.2) is 35.6 Å². The molecule has 0 spiro atoms. The first kappa shape index (κ1) is 11.9. The van der Waals surface area contributed by atoms with Gasteiger partial charge in [0.05, 0.1) is 0 Å². The van der Waals surface area contributed by atoms with Crippen molar-refractivity contribution >= 4 is 17.6 Å². The molecule has 0 atom stereocenters. The summed E-state index contributed by atoms with van der Waals surface area (Å²) in [5, 5.41) is 12.8. The minimum absolute atomic E-state index is 0.221. The van der Waals surface area contributed by atoms with E-state index < -0.39 is 0 Å². The van der Waals surface area contributed by atoms with Crippen LogP contribution in [0.5, 0.6) is 0 Å². The van der Waals surface area contributed by atoms with E-state index in [1.165, 1.54) is 7.05 Å². The first-order valence-corrected chi connectivity index (χ1v) is 4.71. The second-order valence-electron chi connectivity index (χ2n) is 3.03. The number of nitrogens with two attached hydrogens (primary N) is 1. The van der Waals surface area contributed by atoms with Crippen molar-refractivity contribution < 1.29 is 9.59 Å². The Hall–Kier alpha value is -2.18. The van der Waals surface area contributed by atoms with Gasteiger partial charge in [-0.1, -0.05) is 0 Å². The maximum Gasteiger partial charge on any atom is 0.271 e. The largest absolute Gasteiger partial charge is 0.370 e. The van der Waals surface area contributed by atoms with Gasteiger partial charge in [0.2, 0.25) is 5.91 Å². The molecule has 0 aliphatic rings. The van der Waals surface area contributed by atoms with E-state index in [1.807, 2.05) is 0 Å². The van der Waals surface area contributed by atoms with Gasteiger partial charge < -0.3 is 16.4 Å². The fraction of sp³-hybridized carbons (Fsp3) is 0.333. The third kappa shape index (κ3) is 3.52. The Labute approximate surface area is 92.4 Å². The molecule has 16 heavy (non-hydrogen) atoms. The average Bonchev–Trinajstić information content (AvgIpc) is 2.28. The van der Waals surface area contributed by atoms with Crippen LogP contribution < -0.4 is 16.4 Å². The van der Waals surface area contributed by atoms with Gasteiger partial charge in [-0.2, -0.15) is 0 Å². The monoisotopic (exact) mass is 223 g/mol. The number of nitrogens with one attached hydrogen (secondary N) is 2. The topological polar surface area (TPSA) is 110 Å². The highest BCUT2D eigenvalue weighted by Crippen LogP contribution is 2.01. The molecule has 1 rings (SSSR count). The van der Waals surface area contributed by atoms with Gasteiger partial charge in [-0.05, 0) is 12.1 Å². The number of carbonyl (C=O) groups is 2. The highest BCUT2D eigenvalue weighted by molar-refractivity contribution is 5.91. The molecule has 0 saturated heterocycles. The molecule has 7 heteroatoms. The number of amides is 2.